The molecule has 1 fully saturated rings. The van der Waals surface area contributed by atoms with Gasteiger partial charge < -0.3 is 10.1 Å². The third-order valence-electron chi connectivity index (χ3n) is 3.03. The van der Waals surface area contributed by atoms with Gasteiger partial charge in [0.2, 0.25) is 0 Å². The van der Waals surface area contributed by atoms with Crippen molar-refractivity contribution < 1.29 is 9.53 Å². The van der Waals surface area contributed by atoms with Crippen molar-refractivity contribution in [2.75, 3.05) is 33.4 Å². The Bertz CT molecular complexity index is 363. The third kappa shape index (κ3) is 3.28. The number of amides is 1. The van der Waals surface area contributed by atoms with E-state index in [9.17, 15) is 4.79 Å². The van der Waals surface area contributed by atoms with Crippen LogP contribution in [0.25, 0.3) is 0 Å². The van der Waals surface area contributed by atoms with E-state index in [0.29, 0.717) is 18.2 Å². The highest BCUT2D eigenvalue weighted by Crippen LogP contribution is 2.06. The summed E-state index contributed by atoms with van der Waals surface area (Å²) >= 11 is 0. The normalized spacial score (nSPS) is 15.6. The first-order valence-electron chi connectivity index (χ1n) is 5.88. The number of carbonyl (C=O) groups is 1. The Balaban J connectivity index is 1.69. The van der Waals surface area contributed by atoms with Crippen molar-refractivity contribution in [3.8, 4) is 0 Å². The van der Waals surface area contributed by atoms with Crippen LogP contribution in [0.15, 0.2) is 30.3 Å². The molecule has 0 unspecified atom stereocenters. The fourth-order valence-electron chi connectivity index (χ4n) is 1.70. The van der Waals surface area contributed by atoms with Crippen LogP contribution in [-0.4, -0.2) is 50.2 Å². The molecule has 0 aliphatic carbocycles. The van der Waals surface area contributed by atoms with Crippen LogP contribution < -0.4 is 5.32 Å². The second kappa shape index (κ2) is 5.80. The Morgan fingerprint density at radius 3 is 2.71 bits per heavy atom. The zero-order valence-corrected chi connectivity index (χ0v) is 10.1. The summed E-state index contributed by atoms with van der Waals surface area (Å²) in [6.07, 6.45) is 0. The van der Waals surface area contributed by atoms with Gasteiger partial charge in [0.1, 0.15) is 0 Å². The van der Waals surface area contributed by atoms with E-state index >= 15 is 0 Å². The van der Waals surface area contributed by atoms with E-state index in [0.717, 1.165) is 19.8 Å². The SMILES string of the molecule is CN(CCNC(=O)c1ccccc1)C1COC1. The number of likely N-dealkylation sites (N-methyl/N-ethyl adjacent to an activating group) is 1. The summed E-state index contributed by atoms with van der Waals surface area (Å²) in [7, 11) is 2.06. The molecule has 0 aromatic heterocycles. The van der Waals surface area contributed by atoms with Crippen LogP contribution in [0.1, 0.15) is 10.4 Å². The minimum atomic E-state index is -0.0103. The lowest BCUT2D eigenvalue weighted by Gasteiger charge is -2.34. The van der Waals surface area contributed by atoms with Crippen molar-refractivity contribution in [1.29, 1.82) is 0 Å². The number of benzene rings is 1. The van der Waals surface area contributed by atoms with Crippen LogP contribution >= 0.6 is 0 Å². The topological polar surface area (TPSA) is 41.6 Å². The summed E-state index contributed by atoms with van der Waals surface area (Å²) in [6, 6.07) is 9.79. The van der Waals surface area contributed by atoms with Gasteiger partial charge in [-0.15, -0.1) is 0 Å². The van der Waals surface area contributed by atoms with Gasteiger partial charge >= 0.3 is 0 Å². The lowest BCUT2D eigenvalue weighted by Crippen LogP contribution is -2.49. The molecular weight excluding hydrogens is 216 g/mol. The molecule has 4 heteroatoms. The molecule has 1 aromatic carbocycles. The number of rotatable bonds is 5. The van der Waals surface area contributed by atoms with E-state index in [1.165, 1.54) is 0 Å². The Morgan fingerprint density at radius 1 is 1.41 bits per heavy atom. The molecule has 1 aliphatic rings. The standard InChI is InChI=1S/C13H18N2O2/c1-15(12-9-17-10-12)8-7-14-13(16)11-5-3-2-4-6-11/h2-6,12H,7-10H2,1H3,(H,14,16). The monoisotopic (exact) mass is 234 g/mol. The molecule has 0 radical (unpaired) electrons. The second-order valence-corrected chi connectivity index (χ2v) is 4.29. The van der Waals surface area contributed by atoms with Crippen molar-refractivity contribution >= 4 is 5.91 Å². The number of hydrogen-bond donors (Lipinski definition) is 1. The summed E-state index contributed by atoms with van der Waals surface area (Å²) in [5.74, 6) is -0.0103. The predicted molar refractivity (Wildman–Crippen MR) is 66.0 cm³/mol. The van der Waals surface area contributed by atoms with E-state index in [4.69, 9.17) is 4.74 Å². The average molecular weight is 234 g/mol. The highest BCUT2D eigenvalue weighted by molar-refractivity contribution is 5.94. The summed E-state index contributed by atoms with van der Waals surface area (Å²) in [6.45, 7) is 3.14. The number of ether oxygens (including phenoxy) is 1. The molecule has 4 nitrogen and oxygen atoms in total. The van der Waals surface area contributed by atoms with Crippen LogP contribution in [0.4, 0.5) is 0 Å². The van der Waals surface area contributed by atoms with Crippen molar-refractivity contribution in [2.24, 2.45) is 0 Å². The van der Waals surface area contributed by atoms with E-state index in [-0.39, 0.29) is 5.91 Å². The summed E-state index contributed by atoms with van der Waals surface area (Å²) in [5, 5.41) is 2.91. The molecule has 0 spiro atoms. The Kier molecular flexibility index (Phi) is 4.12. The molecule has 1 saturated heterocycles. The maximum Gasteiger partial charge on any atom is 0.251 e. The van der Waals surface area contributed by atoms with Crippen LogP contribution in [0, 0.1) is 0 Å². The largest absolute Gasteiger partial charge is 0.378 e. The lowest BCUT2D eigenvalue weighted by molar-refractivity contribution is -0.0552. The molecule has 0 bridgehead atoms. The van der Waals surface area contributed by atoms with Crippen LogP contribution in [-0.2, 0) is 4.74 Å². The molecule has 2 rings (SSSR count). The van der Waals surface area contributed by atoms with E-state index in [1.807, 2.05) is 30.3 Å². The average Bonchev–Trinajstić information content (AvgIpc) is 2.27. The van der Waals surface area contributed by atoms with Gasteiger partial charge in [0.25, 0.3) is 5.91 Å². The van der Waals surface area contributed by atoms with E-state index in [1.54, 1.807) is 0 Å². The van der Waals surface area contributed by atoms with Crippen molar-refractivity contribution in [3.05, 3.63) is 35.9 Å². The molecule has 92 valence electrons. The van der Waals surface area contributed by atoms with Gasteiger partial charge in [-0.05, 0) is 19.2 Å². The summed E-state index contributed by atoms with van der Waals surface area (Å²) in [5.41, 5.74) is 0.710. The quantitative estimate of drug-likeness (QED) is 0.817. The molecule has 1 amide bonds. The zero-order valence-electron chi connectivity index (χ0n) is 10.1. The second-order valence-electron chi connectivity index (χ2n) is 4.29. The first kappa shape index (κ1) is 12.1. The zero-order chi connectivity index (χ0) is 12.1. The molecule has 1 N–H and O–H groups in total. The maximum atomic E-state index is 11.7. The molecule has 1 aliphatic heterocycles. The Labute approximate surface area is 102 Å². The van der Waals surface area contributed by atoms with Gasteiger partial charge in [-0.2, -0.15) is 0 Å². The van der Waals surface area contributed by atoms with Crippen molar-refractivity contribution in [2.45, 2.75) is 6.04 Å². The first-order valence-corrected chi connectivity index (χ1v) is 5.88. The van der Waals surface area contributed by atoms with Crippen molar-refractivity contribution in [3.63, 3.8) is 0 Å². The van der Waals surface area contributed by atoms with Gasteiger partial charge in [0.15, 0.2) is 0 Å². The number of nitrogens with one attached hydrogen (secondary N) is 1. The van der Waals surface area contributed by atoms with Gasteiger partial charge in [-0.3, -0.25) is 9.69 Å². The fraction of sp³-hybridized carbons (Fsp3) is 0.462. The number of carbonyl (C=O) groups excluding carboxylic acids is 1. The van der Waals surface area contributed by atoms with Crippen LogP contribution in [0.5, 0.6) is 0 Å². The molecule has 1 aromatic rings. The molecular formula is C13H18N2O2. The molecule has 0 atom stereocenters. The Hall–Kier alpha value is -1.39. The third-order valence-corrected chi connectivity index (χ3v) is 3.03. The van der Waals surface area contributed by atoms with Gasteiger partial charge in [-0.1, -0.05) is 18.2 Å². The van der Waals surface area contributed by atoms with Gasteiger partial charge in [-0.25, -0.2) is 0 Å². The number of hydrogen-bond acceptors (Lipinski definition) is 3. The predicted octanol–water partition coefficient (Wildman–Crippen LogP) is 0.747. The fourth-order valence-corrected chi connectivity index (χ4v) is 1.70. The summed E-state index contributed by atoms with van der Waals surface area (Å²) < 4.78 is 5.12. The smallest absolute Gasteiger partial charge is 0.251 e. The molecule has 1 heterocycles. The van der Waals surface area contributed by atoms with E-state index in [2.05, 4.69) is 17.3 Å². The summed E-state index contributed by atoms with van der Waals surface area (Å²) in [4.78, 5) is 13.9. The molecule has 17 heavy (non-hydrogen) atoms. The number of nitrogens with zero attached hydrogens (tertiary/aromatic N) is 1. The first-order chi connectivity index (χ1) is 8.27. The molecule has 0 saturated carbocycles. The minimum absolute atomic E-state index is 0.0103. The lowest BCUT2D eigenvalue weighted by atomic mass is 10.2. The van der Waals surface area contributed by atoms with E-state index < -0.39 is 0 Å². The van der Waals surface area contributed by atoms with Crippen LogP contribution in [0.2, 0.25) is 0 Å². The van der Waals surface area contributed by atoms with Crippen molar-refractivity contribution in [1.82, 2.24) is 10.2 Å². The van der Waals surface area contributed by atoms with Gasteiger partial charge in [0, 0.05) is 18.7 Å². The highest BCUT2D eigenvalue weighted by Gasteiger charge is 2.22. The minimum Gasteiger partial charge on any atom is -0.378 e. The van der Waals surface area contributed by atoms with Crippen LogP contribution in [0.3, 0.4) is 0 Å². The Morgan fingerprint density at radius 2 is 2.12 bits per heavy atom. The van der Waals surface area contributed by atoms with Gasteiger partial charge in [0.05, 0.1) is 19.3 Å². The highest BCUT2D eigenvalue weighted by atomic mass is 16.5. The maximum absolute atomic E-state index is 11.7.